The molecule has 0 saturated carbocycles. The van der Waals surface area contributed by atoms with Crippen LogP contribution in [0.3, 0.4) is 0 Å². The van der Waals surface area contributed by atoms with E-state index in [2.05, 4.69) is 10.3 Å². The second kappa shape index (κ2) is 6.96. The van der Waals surface area contributed by atoms with E-state index < -0.39 is 0 Å². The molecule has 0 fully saturated rings. The van der Waals surface area contributed by atoms with Crippen molar-refractivity contribution in [1.29, 1.82) is 0 Å². The van der Waals surface area contributed by atoms with E-state index in [0.717, 1.165) is 16.8 Å². The van der Waals surface area contributed by atoms with Gasteiger partial charge < -0.3 is 14.8 Å². The Labute approximate surface area is 135 Å². The number of fused-ring (bicyclic) bond motifs is 1. The summed E-state index contributed by atoms with van der Waals surface area (Å²) in [5, 5.41) is 3.42. The van der Waals surface area contributed by atoms with Gasteiger partial charge in [0.2, 0.25) is 5.88 Å². The van der Waals surface area contributed by atoms with Crippen molar-refractivity contribution in [3.63, 3.8) is 0 Å². The molecule has 0 saturated heterocycles. The average Bonchev–Trinajstić information content (AvgIpc) is 2.54. The molecule has 1 N–H and O–H groups in total. The molecule has 0 bridgehead atoms. The summed E-state index contributed by atoms with van der Waals surface area (Å²) in [4.78, 5) is 4.36. The van der Waals surface area contributed by atoms with Crippen molar-refractivity contribution in [3.05, 3.63) is 53.5 Å². The van der Waals surface area contributed by atoms with Gasteiger partial charge in [0.15, 0.2) is 0 Å². The van der Waals surface area contributed by atoms with Crippen molar-refractivity contribution in [2.45, 2.75) is 32.4 Å². The highest BCUT2D eigenvalue weighted by atomic mass is 19.1. The number of halogens is 1. The second-order valence-corrected chi connectivity index (χ2v) is 6.03. The van der Waals surface area contributed by atoms with E-state index in [4.69, 9.17) is 9.47 Å². The highest BCUT2D eigenvalue weighted by Crippen LogP contribution is 2.28. The smallest absolute Gasteiger partial charge is 0.237 e. The van der Waals surface area contributed by atoms with E-state index in [1.807, 2.05) is 19.9 Å². The van der Waals surface area contributed by atoms with Crippen LogP contribution in [0.2, 0.25) is 0 Å². The van der Waals surface area contributed by atoms with Gasteiger partial charge in [-0.2, -0.15) is 0 Å². The minimum absolute atomic E-state index is 0.118. The van der Waals surface area contributed by atoms with Crippen LogP contribution in [-0.2, 0) is 11.2 Å². The Balaban J connectivity index is 1.69. The molecule has 1 aromatic heterocycles. The third-order valence-electron chi connectivity index (χ3n) is 3.64. The zero-order valence-electron chi connectivity index (χ0n) is 13.4. The Morgan fingerprint density at radius 2 is 2.09 bits per heavy atom. The summed E-state index contributed by atoms with van der Waals surface area (Å²) in [5.41, 5.74) is 2.98. The third-order valence-corrected chi connectivity index (χ3v) is 3.64. The van der Waals surface area contributed by atoms with Crippen molar-refractivity contribution >= 4 is 5.69 Å². The lowest BCUT2D eigenvalue weighted by molar-refractivity contribution is 0.0603. The molecule has 1 aliphatic rings. The van der Waals surface area contributed by atoms with Gasteiger partial charge in [-0.25, -0.2) is 9.37 Å². The van der Waals surface area contributed by atoms with Gasteiger partial charge in [0.05, 0.1) is 24.4 Å². The molecule has 1 atom stereocenters. The fourth-order valence-corrected chi connectivity index (χ4v) is 2.49. The van der Waals surface area contributed by atoms with Crippen LogP contribution < -0.4 is 10.1 Å². The van der Waals surface area contributed by atoms with Crippen LogP contribution in [0.5, 0.6) is 5.88 Å². The highest BCUT2D eigenvalue weighted by molar-refractivity contribution is 5.56. The van der Waals surface area contributed by atoms with E-state index in [0.29, 0.717) is 25.5 Å². The number of aromatic nitrogens is 1. The fourth-order valence-electron chi connectivity index (χ4n) is 2.49. The number of ether oxygens (including phenoxy) is 2. The third kappa shape index (κ3) is 4.20. The number of nitrogens with zero attached hydrogens (tertiary/aromatic N) is 1. The summed E-state index contributed by atoms with van der Waals surface area (Å²) in [7, 11) is 0. The molecule has 2 aromatic rings. The largest absolute Gasteiger partial charge is 0.474 e. The molecule has 0 spiro atoms. The second-order valence-electron chi connectivity index (χ2n) is 6.03. The molecular weight excluding hydrogens is 295 g/mol. The van der Waals surface area contributed by atoms with Crippen LogP contribution in [0, 0.1) is 5.82 Å². The molecule has 4 nitrogen and oxygen atoms in total. The zero-order valence-corrected chi connectivity index (χ0v) is 13.4. The number of pyridine rings is 1. The SMILES string of the molecule is CC(C)OC[C@H]1COc2ncc(Cc3ccc(F)cc3)cc2N1. The van der Waals surface area contributed by atoms with Gasteiger partial charge in [0.1, 0.15) is 12.4 Å². The Morgan fingerprint density at radius 3 is 2.83 bits per heavy atom. The molecule has 5 heteroatoms. The molecule has 122 valence electrons. The Hall–Kier alpha value is -2.14. The minimum Gasteiger partial charge on any atom is -0.474 e. The van der Waals surface area contributed by atoms with Gasteiger partial charge in [-0.3, -0.25) is 0 Å². The van der Waals surface area contributed by atoms with Crippen LogP contribution in [0.4, 0.5) is 10.1 Å². The molecule has 0 radical (unpaired) electrons. The van der Waals surface area contributed by atoms with Crippen LogP contribution in [0.25, 0.3) is 0 Å². The maximum absolute atomic E-state index is 13.0. The van der Waals surface area contributed by atoms with Gasteiger partial charge in [-0.15, -0.1) is 0 Å². The summed E-state index contributed by atoms with van der Waals surface area (Å²) in [6.07, 6.45) is 2.70. The predicted molar refractivity (Wildman–Crippen MR) is 87.4 cm³/mol. The summed E-state index contributed by atoms with van der Waals surface area (Å²) in [6.45, 7) is 5.17. The number of anilines is 1. The summed E-state index contributed by atoms with van der Waals surface area (Å²) in [5.74, 6) is 0.397. The van der Waals surface area contributed by atoms with Crippen molar-refractivity contribution < 1.29 is 13.9 Å². The number of nitrogens with one attached hydrogen (secondary N) is 1. The molecular formula is C18H21FN2O2. The number of rotatable bonds is 5. The lowest BCUT2D eigenvalue weighted by Crippen LogP contribution is -2.36. The molecule has 1 aromatic carbocycles. The van der Waals surface area contributed by atoms with E-state index in [-0.39, 0.29) is 18.0 Å². The molecule has 1 aliphatic heterocycles. The van der Waals surface area contributed by atoms with Gasteiger partial charge in [-0.1, -0.05) is 12.1 Å². The van der Waals surface area contributed by atoms with Crippen LogP contribution in [0.15, 0.2) is 36.5 Å². The normalized spacial score (nSPS) is 16.6. The maximum Gasteiger partial charge on any atom is 0.237 e. The lowest BCUT2D eigenvalue weighted by Gasteiger charge is -2.27. The van der Waals surface area contributed by atoms with Crippen molar-refractivity contribution in [1.82, 2.24) is 4.98 Å². The van der Waals surface area contributed by atoms with Crippen LogP contribution >= 0.6 is 0 Å². The molecule has 0 amide bonds. The van der Waals surface area contributed by atoms with Gasteiger partial charge in [0, 0.05) is 6.20 Å². The average molecular weight is 316 g/mol. The number of benzene rings is 1. The Bertz CT molecular complexity index is 659. The van der Waals surface area contributed by atoms with E-state index >= 15 is 0 Å². The van der Waals surface area contributed by atoms with E-state index in [1.54, 1.807) is 18.3 Å². The maximum atomic E-state index is 13.0. The number of hydrogen-bond donors (Lipinski definition) is 1. The van der Waals surface area contributed by atoms with Gasteiger partial charge >= 0.3 is 0 Å². The first kappa shape index (κ1) is 15.7. The van der Waals surface area contributed by atoms with E-state index in [1.165, 1.54) is 12.1 Å². The Kier molecular flexibility index (Phi) is 4.76. The molecule has 2 heterocycles. The topological polar surface area (TPSA) is 43.4 Å². The first-order valence-corrected chi connectivity index (χ1v) is 7.84. The highest BCUT2D eigenvalue weighted by Gasteiger charge is 2.20. The quantitative estimate of drug-likeness (QED) is 0.918. The lowest BCUT2D eigenvalue weighted by atomic mass is 10.1. The minimum atomic E-state index is -0.222. The Morgan fingerprint density at radius 1 is 1.30 bits per heavy atom. The fraction of sp³-hybridized carbons (Fsp3) is 0.389. The molecule has 0 unspecified atom stereocenters. The standard InChI is InChI=1S/C18H21FN2O2/c1-12(2)22-10-16-11-23-18-17(21-16)8-14(9-20-18)7-13-3-5-15(19)6-4-13/h3-6,8-9,12,16,21H,7,10-11H2,1-2H3/t16-/m0/s1. The summed E-state index contributed by atoms with van der Waals surface area (Å²) in [6, 6.07) is 8.68. The summed E-state index contributed by atoms with van der Waals surface area (Å²) < 4.78 is 24.3. The van der Waals surface area contributed by atoms with Gasteiger partial charge in [0.25, 0.3) is 0 Å². The molecule has 3 rings (SSSR count). The molecule has 0 aliphatic carbocycles. The van der Waals surface area contributed by atoms with Gasteiger partial charge in [-0.05, 0) is 49.6 Å². The van der Waals surface area contributed by atoms with Crippen LogP contribution in [0.1, 0.15) is 25.0 Å². The van der Waals surface area contributed by atoms with E-state index in [9.17, 15) is 4.39 Å². The molecule has 23 heavy (non-hydrogen) atoms. The van der Waals surface area contributed by atoms with Crippen molar-refractivity contribution in [2.24, 2.45) is 0 Å². The first-order valence-electron chi connectivity index (χ1n) is 7.84. The summed E-state index contributed by atoms with van der Waals surface area (Å²) >= 11 is 0. The monoisotopic (exact) mass is 316 g/mol. The van der Waals surface area contributed by atoms with Crippen LogP contribution in [-0.4, -0.2) is 30.3 Å². The van der Waals surface area contributed by atoms with Crippen molar-refractivity contribution in [2.75, 3.05) is 18.5 Å². The predicted octanol–water partition coefficient (Wildman–Crippen LogP) is 3.41. The first-order chi connectivity index (χ1) is 11.1. The number of hydrogen-bond acceptors (Lipinski definition) is 4. The zero-order chi connectivity index (χ0) is 16.2. The van der Waals surface area contributed by atoms with Crippen molar-refractivity contribution in [3.8, 4) is 5.88 Å².